The molecule has 5 heteroatoms. The maximum absolute atomic E-state index is 12.3. The highest BCUT2D eigenvalue weighted by atomic mass is 16.2. The van der Waals surface area contributed by atoms with Gasteiger partial charge in [-0.05, 0) is 25.3 Å². The van der Waals surface area contributed by atoms with E-state index in [0.717, 1.165) is 12.3 Å². The summed E-state index contributed by atoms with van der Waals surface area (Å²) in [6.45, 7) is 2.00. The smallest absolute Gasteiger partial charge is 0.272 e. The number of aromatic nitrogens is 2. The summed E-state index contributed by atoms with van der Waals surface area (Å²) < 4.78 is 0. The average molecular weight is 271 g/mol. The standard InChI is InChI=1S/C15H17N3O2/c1-9(8-10-6-7-10)16-15(20)13-11-4-2-3-5-12(11)14(19)18-17-13/h2-5,9-10H,6-8H2,1H3,(H,16,20)(H,18,19). The molecule has 2 aromatic rings. The van der Waals surface area contributed by atoms with Gasteiger partial charge in [0.1, 0.15) is 0 Å². The molecule has 0 radical (unpaired) electrons. The lowest BCUT2D eigenvalue weighted by atomic mass is 10.1. The van der Waals surface area contributed by atoms with Gasteiger partial charge in [-0.25, -0.2) is 5.10 Å². The van der Waals surface area contributed by atoms with Crippen LogP contribution in [0.4, 0.5) is 0 Å². The normalized spacial score (nSPS) is 16.1. The molecule has 0 bridgehead atoms. The van der Waals surface area contributed by atoms with Crippen LogP contribution in [0.2, 0.25) is 0 Å². The highest BCUT2D eigenvalue weighted by Gasteiger charge is 2.25. The van der Waals surface area contributed by atoms with Crippen LogP contribution < -0.4 is 10.9 Å². The first-order valence-corrected chi connectivity index (χ1v) is 6.93. The highest BCUT2D eigenvalue weighted by Crippen LogP contribution is 2.33. The maximum Gasteiger partial charge on any atom is 0.272 e. The van der Waals surface area contributed by atoms with Crippen molar-refractivity contribution in [2.45, 2.75) is 32.2 Å². The Morgan fingerprint density at radius 2 is 2.10 bits per heavy atom. The highest BCUT2D eigenvalue weighted by molar-refractivity contribution is 6.04. The molecule has 20 heavy (non-hydrogen) atoms. The predicted molar refractivity (Wildman–Crippen MR) is 76.6 cm³/mol. The number of benzene rings is 1. The molecule has 0 saturated heterocycles. The first kappa shape index (κ1) is 12.8. The van der Waals surface area contributed by atoms with E-state index in [-0.39, 0.29) is 23.2 Å². The number of nitrogens with zero attached hydrogens (tertiary/aromatic N) is 1. The molecule has 1 aliphatic rings. The molecule has 2 N–H and O–H groups in total. The first-order valence-electron chi connectivity index (χ1n) is 6.93. The number of hydrogen-bond acceptors (Lipinski definition) is 3. The quantitative estimate of drug-likeness (QED) is 0.891. The summed E-state index contributed by atoms with van der Waals surface area (Å²) in [5, 5.41) is 10.3. The van der Waals surface area contributed by atoms with Gasteiger partial charge in [0.2, 0.25) is 0 Å². The maximum atomic E-state index is 12.3. The molecule has 3 rings (SSSR count). The van der Waals surface area contributed by atoms with Crippen molar-refractivity contribution >= 4 is 16.7 Å². The van der Waals surface area contributed by atoms with Gasteiger partial charge in [-0.1, -0.05) is 31.0 Å². The largest absolute Gasteiger partial charge is 0.348 e. The molecular formula is C15H17N3O2. The van der Waals surface area contributed by atoms with Gasteiger partial charge < -0.3 is 5.32 Å². The monoisotopic (exact) mass is 271 g/mol. The van der Waals surface area contributed by atoms with Gasteiger partial charge in [0.05, 0.1) is 5.39 Å². The fraction of sp³-hybridized carbons (Fsp3) is 0.400. The third-order valence-electron chi connectivity index (χ3n) is 3.67. The third kappa shape index (κ3) is 2.57. The van der Waals surface area contributed by atoms with Crippen molar-refractivity contribution in [2.24, 2.45) is 5.92 Å². The lowest BCUT2D eigenvalue weighted by Gasteiger charge is -2.13. The Bertz CT molecular complexity index is 704. The van der Waals surface area contributed by atoms with Crippen LogP contribution in [-0.4, -0.2) is 22.1 Å². The number of rotatable bonds is 4. The SMILES string of the molecule is CC(CC1CC1)NC(=O)c1n[nH]c(=O)c2ccccc12. The van der Waals surface area contributed by atoms with Crippen molar-refractivity contribution in [2.75, 3.05) is 0 Å². The summed E-state index contributed by atoms with van der Waals surface area (Å²) in [7, 11) is 0. The minimum atomic E-state index is -0.275. The van der Waals surface area contributed by atoms with Gasteiger partial charge in [0.25, 0.3) is 11.5 Å². The number of H-pyrrole nitrogens is 1. The van der Waals surface area contributed by atoms with Crippen LogP contribution in [0.15, 0.2) is 29.1 Å². The fourth-order valence-corrected chi connectivity index (χ4v) is 2.49. The minimum Gasteiger partial charge on any atom is -0.348 e. The summed E-state index contributed by atoms with van der Waals surface area (Å²) in [5.74, 6) is 0.524. The summed E-state index contributed by atoms with van der Waals surface area (Å²) >= 11 is 0. The number of carbonyl (C=O) groups excluding carboxylic acids is 1. The van der Waals surface area contributed by atoms with Crippen LogP contribution in [0.3, 0.4) is 0 Å². The van der Waals surface area contributed by atoms with E-state index in [1.807, 2.05) is 6.92 Å². The van der Waals surface area contributed by atoms with Gasteiger partial charge in [-0.15, -0.1) is 0 Å². The van der Waals surface area contributed by atoms with Crippen LogP contribution in [0, 0.1) is 5.92 Å². The van der Waals surface area contributed by atoms with Gasteiger partial charge in [-0.3, -0.25) is 9.59 Å². The Morgan fingerprint density at radius 1 is 1.40 bits per heavy atom. The topological polar surface area (TPSA) is 74.8 Å². The number of amides is 1. The number of aromatic amines is 1. The van der Waals surface area contributed by atoms with Crippen LogP contribution in [0.25, 0.3) is 10.8 Å². The van der Waals surface area contributed by atoms with Gasteiger partial charge in [-0.2, -0.15) is 5.10 Å². The number of fused-ring (bicyclic) bond motifs is 1. The Morgan fingerprint density at radius 3 is 2.80 bits per heavy atom. The van der Waals surface area contributed by atoms with E-state index >= 15 is 0 Å². The molecule has 1 heterocycles. The van der Waals surface area contributed by atoms with Crippen LogP contribution >= 0.6 is 0 Å². The first-order chi connectivity index (χ1) is 9.65. The molecule has 1 aromatic carbocycles. The molecule has 0 aliphatic heterocycles. The zero-order valence-electron chi connectivity index (χ0n) is 11.3. The third-order valence-corrected chi connectivity index (χ3v) is 3.67. The summed E-state index contributed by atoms with van der Waals surface area (Å²) in [6.07, 6.45) is 3.53. The molecule has 1 unspecified atom stereocenters. The van der Waals surface area contributed by atoms with E-state index in [0.29, 0.717) is 10.8 Å². The van der Waals surface area contributed by atoms with E-state index in [4.69, 9.17) is 0 Å². The lowest BCUT2D eigenvalue weighted by Crippen LogP contribution is -2.34. The van der Waals surface area contributed by atoms with Crippen LogP contribution in [0.1, 0.15) is 36.7 Å². The fourth-order valence-electron chi connectivity index (χ4n) is 2.49. The molecule has 0 spiro atoms. The van der Waals surface area contributed by atoms with Crippen LogP contribution in [0.5, 0.6) is 0 Å². The Balaban J connectivity index is 1.87. The number of nitrogens with one attached hydrogen (secondary N) is 2. The van der Waals surface area contributed by atoms with Crippen LogP contribution in [-0.2, 0) is 0 Å². The van der Waals surface area contributed by atoms with Crippen molar-refractivity contribution in [1.29, 1.82) is 0 Å². The zero-order chi connectivity index (χ0) is 14.1. The molecule has 1 aromatic heterocycles. The Kier molecular flexibility index (Phi) is 3.26. The molecule has 1 aliphatic carbocycles. The molecule has 1 amide bonds. The Hall–Kier alpha value is -2.17. The van der Waals surface area contributed by atoms with E-state index < -0.39 is 0 Å². The van der Waals surface area contributed by atoms with Crippen molar-refractivity contribution < 1.29 is 4.79 Å². The molecule has 1 saturated carbocycles. The molecule has 1 atom stereocenters. The second-order valence-electron chi connectivity index (χ2n) is 5.50. The van der Waals surface area contributed by atoms with Gasteiger partial charge in [0, 0.05) is 11.4 Å². The zero-order valence-corrected chi connectivity index (χ0v) is 11.3. The molecule has 104 valence electrons. The number of hydrogen-bond donors (Lipinski definition) is 2. The predicted octanol–water partition coefficient (Wildman–Crippen LogP) is 1.84. The van der Waals surface area contributed by atoms with E-state index in [2.05, 4.69) is 15.5 Å². The van der Waals surface area contributed by atoms with E-state index in [1.54, 1.807) is 24.3 Å². The summed E-state index contributed by atoms with van der Waals surface area (Å²) in [5.41, 5.74) is 0.00558. The molecule has 5 nitrogen and oxygen atoms in total. The van der Waals surface area contributed by atoms with Crippen molar-refractivity contribution in [1.82, 2.24) is 15.5 Å². The second-order valence-corrected chi connectivity index (χ2v) is 5.50. The molecular weight excluding hydrogens is 254 g/mol. The average Bonchev–Trinajstić information content (AvgIpc) is 3.23. The lowest BCUT2D eigenvalue weighted by molar-refractivity contribution is 0.0933. The molecule has 1 fully saturated rings. The summed E-state index contributed by atoms with van der Waals surface area (Å²) in [4.78, 5) is 24.0. The number of carbonyl (C=O) groups is 1. The minimum absolute atomic E-state index is 0.127. The van der Waals surface area contributed by atoms with Crippen molar-refractivity contribution in [3.8, 4) is 0 Å². The van der Waals surface area contributed by atoms with Crippen molar-refractivity contribution in [3.05, 3.63) is 40.3 Å². The second kappa shape index (κ2) is 5.07. The Labute approximate surface area is 116 Å². The van der Waals surface area contributed by atoms with E-state index in [1.165, 1.54) is 12.8 Å². The van der Waals surface area contributed by atoms with Crippen molar-refractivity contribution in [3.63, 3.8) is 0 Å². The van der Waals surface area contributed by atoms with Gasteiger partial charge >= 0.3 is 0 Å². The summed E-state index contributed by atoms with van der Waals surface area (Å²) in [6, 6.07) is 7.14. The van der Waals surface area contributed by atoms with E-state index in [9.17, 15) is 9.59 Å². The van der Waals surface area contributed by atoms with Gasteiger partial charge in [0.15, 0.2) is 5.69 Å².